The number of hydrogen-bond donors (Lipinski definition) is 1. The summed E-state index contributed by atoms with van der Waals surface area (Å²) in [5, 5.41) is 1.19. The summed E-state index contributed by atoms with van der Waals surface area (Å²) in [7, 11) is 0. The van der Waals surface area contributed by atoms with Gasteiger partial charge in [-0.2, -0.15) is 0 Å². The van der Waals surface area contributed by atoms with Crippen molar-refractivity contribution in [2.75, 3.05) is 13.1 Å². The van der Waals surface area contributed by atoms with Gasteiger partial charge in [-0.15, -0.1) is 0 Å². The maximum Gasteiger partial charge on any atom is 0.225 e. The Hall–Kier alpha value is -3.93. The van der Waals surface area contributed by atoms with E-state index in [9.17, 15) is 9.18 Å². The number of nitrogens with one attached hydrogen (secondary N) is 1. The molecule has 180 valence electrons. The molecule has 2 fully saturated rings. The Morgan fingerprint density at radius 2 is 1.75 bits per heavy atom. The van der Waals surface area contributed by atoms with Gasteiger partial charge >= 0.3 is 0 Å². The number of fused-ring (bicyclic) bond motifs is 2. The summed E-state index contributed by atoms with van der Waals surface area (Å²) >= 11 is 0. The molecule has 0 bridgehead atoms. The molecule has 6 heteroatoms. The van der Waals surface area contributed by atoms with E-state index in [1.165, 1.54) is 11.5 Å². The summed E-state index contributed by atoms with van der Waals surface area (Å²) in [4.78, 5) is 22.7. The molecule has 2 aliphatic rings. The number of carbonyl (C=O) groups excluding carboxylic acids is 1. The van der Waals surface area contributed by atoms with Crippen LogP contribution in [0.3, 0.4) is 0 Å². The number of nitrogens with zero attached hydrogens (tertiary/aromatic N) is 3. The molecule has 1 aliphatic carbocycles. The van der Waals surface area contributed by atoms with Crippen molar-refractivity contribution in [3.63, 3.8) is 0 Å². The van der Waals surface area contributed by atoms with Gasteiger partial charge in [0.15, 0.2) is 0 Å². The van der Waals surface area contributed by atoms with E-state index in [1.54, 1.807) is 12.1 Å². The molecule has 1 saturated carbocycles. The van der Waals surface area contributed by atoms with E-state index in [-0.39, 0.29) is 11.7 Å². The number of hydrogen-bond acceptors (Lipinski definition) is 2. The maximum atomic E-state index is 14.2. The second-order valence-electron chi connectivity index (χ2n) is 10.2. The molecule has 1 unspecified atom stereocenters. The molecular formula is C30H27FN4O. The zero-order valence-corrected chi connectivity index (χ0v) is 20.0. The molecule has 0 radical (unpaired) electrons. The number of rotatable bonds is 5. The SMILES string of the molecule is O=C(C1CC1)N1CCC(Cn2c(-c3ccc(-c4ccc5[nH]ccc5c4)cc3)nc3ccc(F)cc32)C1. The summed E-state index contributed by atoms with van der Waals surface area (Å²) in [6.45, 7) is 2.30. The number of likely N-dealkylation sites (tertiary alicyclic amines) is 1. The van der Waals surface area contributed by atoms with Gasteiger partial charge in [0.2, 0.25) is 5.91 Å². The second kappa shape index (κ2) is 8.33. The Kier molecular flexibility index (Phi) is 4.94. The van der Waals surface area contributed by atoms with E-state index in [4.69, 9.17) is 4.98 Å². The molecular weight excluding hydrogens is 451 g/mol. The highest BCUT2D eigenvalue weighted by Gasteiger charge is 2.36. The Balaban J connectivity index is 1.21. The predicted molar refractivity (Wildman–Crippen MR) is 140 cm³/mol. The fourth-order valence-corrected chi connectivity index (χ4v) is 5.57. The van der Waals surface area contributed by atoms with Gasteiger partial charge < -0.3 is 14.5 Å². The van der Waals surface area contributed by atoms with E-state index >= 15 is 0 Å². The molecule has 1 aliphatic heterocycles. The minimum absolute atomic E-state index is 0.249. The van der Waals surface area contributed by atoms with Crippen molar-refractivity contribution >= 4 is 27.8 Å². The first-order chi connectivity index (χ1) is 17.6. The number of aromatic amines is 1. The van der Waals surface area contributed by atoms with Crippen LogP contribution >= 0.6 is 0 Å². The van der Waals surface area contributed by atoms with Crippen molar-refractivity contribution in [2.45, 2.75) is 25.8 Å². The van der Waals surface area contributed by atoms with E-state index in [2.05, 4.69) is 58.1 Å². The average molecular weight is 479 g/mol. The van der Waals surface area contributed by atoms with Crippen molar-refractivity contribution in [3.8, 4) is 22.5 Å². The first-order valence-corrected chi connectivity index (χ1v) is 12.7. The highest BCUT2D eigenvalue weighted by atomic mass is 19.1. The van der Waals surface area contributed by atoms with Gasteiger partial charge in [-0.25, -0.2) is 9.37 Å². The van der Waals surface area contributed by atoms with Crippen LogP contribution in [-0.2, 0) is 11.3 Å². The molecule has 1 saturated heterocycles. The number of benzene rings is 3. The molecule has 36 heavy (non-hydrogen) atoms. The normalized spacial score (nSPS) is 17.9. The standard InChI is InChI=1S/C30H27FN4O/c31-25-8-10-27-28(16-25)35(18-19-12-14-34(17-19)30(36)22-5-6-22)29(33-27)21-3-1-20(2-4-21)23-7-9-26-24(15-23)11-13-32-26/h1-4,7-11,13,15-16,19,22,32H,5-6,12,14,17-18H2. The van der Waals surface area contributed by atoms with E-state index < -0.39 is 0 Å². The smallest absolute Gasteiger partial charge is 0.225 e. The van der Waals surface area contributed by atoms with E-state index in [1.807, 2.05) is 11.1 Å². The van der Waals surface area contributed by atoms with Crippen LogP contribution in [-0.4, -0.2) is 38.4 Å². The zero-order chi connectivity index (χ0) is 24.2. The van der Waals surface area contributed by atoms with Gasteiger partial charge in [-0.3, -0.25) is 4.79 Å². The fourth-order valence-electron chi connectivity index (χ4n) is 5.57. The van der Waals surface area contributed by atoms with Gasteiger partial charge in [0.1, 0.15) is 11.6 Å². The number of halogens is 1. The summed E-state index contributed by atoms with van der Waals surface area (Å²) in [5.74, 6) is 1.48. The summed E-state index contributed by atoms with van der Waals surface area (Å²) < 4.78 is 16.4. The predicted octanol–water partition coefficient (Wildman–Crippen LogP) is 6.25. The zero-order valence-electron chi connectivity index (χ0n) is 20.0. The molecule has 3 heterocycles. The Labute approximate surface area is 208 Å². The van der Waals surface area contributed by atoms with Crippen LogP contribution in [0.1, 0.15) is 19.3 Å². The highest BCUT2D eigenvalue weighted by Crippen LogP contribution is 2.34. The highest BCUT2D eigenvalue weighted by molar-refractivity contribution is 5.86. The topological polar surface area (TPSA) is 53.9 Å². The number of carbonyl (C=O) groups is 1. The molecule has 5 aromatic rings. The first kappa shape index (κ1) is 21.4. The third-order valence-corrected chi connectivity index (χ3v) is 7.70. The lowest BCUT2D eigenvalue weighted by atomic mass is 10.0. The Morgan fingerprint density at radius 1 is 0.944 bits per heavy atom. The Morgan fingerprint density at radius 3 is 2.58 bits per heavy atom. The average Bonchev–Trinajstić information content (AvgIpc) is 3.30. The monoisotopic (exact) mass is 478 g/mol. The molecule has 1 atom stereocenters. The van der Waals surface area contributed by atoms with Gasteiger partial charge in [0, 0.05) is 42.8 Å². The van der Waals surface area contributed by atoms with Crippen molar-refractivity contribution in [2.24, 2.45) is 11.8 Å². The van der Waals surface area contributed by atoms with Crippen LogP contribution < -0.4 is 0 Å². The van der Waals surface area contributed by atoms with Gasteiger partial charge in [0.25, 0.3) is 0 Å². The molecule has 0 spiro atoms. The van der Waals surface area contributed by atoms with Gasteiger partial charge in [-0.05, 0) is 78.1 Å². The van der Waals surface area contributed by atoms with Crippen LogP contribution in [0, 0.1) is 17.7 Å². The largest absolute Gasteiger partial charge is 0.361 e. The van der Waals surface area contributed by atoms with Crippen LogP contribution in [0.15, 0.2) is 72.9 Å². The number of imidazole rings is 1. The lowest BCUT2D eigenvalue weighted by Crippen LogP contribution is -2.30. The van der Waals surface area contributed by atoms with Crippen molar-refractivity contribution in [1.29, 1.82) is 0 Å². The lowest BCUT2D eigenvalue weighted by Gasteiger charge is -2.18. The maximum absolute atomic E-state index is 14.2. The first-order valence-electron chi connectivity index (χ1n) is 12.7. The van der Waals surface area contributed by atoms with Crippen LogP contribution in [0.4, 0.5) is 4.39 Å². The molecule has 7 rings (SSSR count). The number of aromatic nitrogens is 3. The third kappa shape index (κ3) is 3.77. The molecule has 5 nitrogen and oxygen atoms in total. The molecule has 2 aromatic heterocycles. The van der Waals surface area contributed by atoms with E-state index in [0.717, 1.165) is 78.0 Å². The number of amides is 1. The minimum atomic E-state index is -0.261. The van der Waals surface area contributed by atoms with E-state index in [0.29, 0.717) is 11.8 Å². The minimum Gasteiger partial charge on any atom is -0.361 e. The van der Waals surface area contributed by atoms with Crippen molar-refractivity contribution in [1.82, 2.24) is 19.4 Å². The second-order valence-corrected chi connectivity index (χ2v) is 10.2. The van der Waals surface area contributed by atoms with Crippen LogP contribution in [0.2, 0.25) is 0 Å². The Bertz CT molecular complexity index is 1590. The summed E-state index contributed by atoms with van der Waals surface area (Å²) in [6.07, 6.45) is 4.99. The molecule has 1 amide bonds. The van der Waals surface area contributed by atoms with Crippen LogP contribution in [0.5, 0.6) is 0 Å². The molecule has 3 aromatic carbocycles. The van der Waals surface area contributed by atoms with Gasteiger partial charge in [0.05, 0.1) is 11.0 Å². The van der Waals surface area contributed by atoms with Crippen molar-refractivity contribution in [3.05, 3.63) is 78.7 Å². The molecule has 1 N–H and O–H groups in total. The van der Waals surface area contributed by atoms with Crippen molar-refractivity contribution < 1.29 is 9.18 Å². The number of H-pyrrole nitrogens is 1. The third-order valence-electron chi connectivity index (χ3n) is 7.70. The summed E-state index contributed by atoms with van der Waals surface area (Å²) in [6, 6.07) is 21.7. The lowest BCUT2D eigenvalue weighted by molar-refractivity contribution is -0.131. The quantitative estimate of drug-likeness (QED) is 0.325. The van der Waals surface area contributed by atoms with Crippen LogP contribution in [0.25, 0.3) is 44.5 Å². The summed E-state index contributed by atoms with van der Waals surface area (Å²) in [5.41, 5.74) is 6.02. The fraction of sp³-hybridized carbons (Fsp3) is 0.267. The van der Waals surface area contributed by atoms with Gasteiger partial charge in [-0.1, -0.05) is 30.3 Å².